The Balaban J connectivity index is 1.15. The Morgan fingerprint density at radius 2 is 1.14 bits per heavy atom. The van der Waals surface area contributed by atoms with Crippen LogP contribution in [0.3, 0.4) is 0 Å². The molecule has 44 heavy (non-hydrogen) atoms. The third-order valence-corrected chi connectivity index (χ3v) is 9.11. The van der Waals surface area contributed by atoms with E-state index in [1.165, 1.54) is 45.3 Å². The van der Waals surface area contributed by atoms with E-state index in [1.807, 2.05) is 12.1 Å². The number of para-hydroxylation sites is 1. The number of nitrogens with zero attached hydrogens (tertiary/aromatic N) is 2. The molecular formula is C41H31FN2. The van der Waals surface area contributed by atoms with Gasteiger partial charge in [-0.25, -0.2) is 4.39 Å². The first kappa shape index (κ1) is 26.2. The molecule has 2 nitrogen and oxygen atoms in total. The molecule has 0 unspecified atom stereocenters. The molecule has 6 aromatic carbocycles. The summed E-state index contributed by atoms with van der Waals surface area (Å²) in [7, 11) is 0. The highest BCUT2D eigenvalue weighted by molar-refractivity contribution is 5.86. The summed E-state index contributed by atoms with van der Waals surface area (Å²) in [6.07, 6.45) is 2.12. The molecule has 1 aromatic heterocycles. The van der Waals surface area contributed by atoms with Crippen LogP contribution in [0.2, 0.25) is 0 Å². The molecule has 0 amide bonds. The maximum absolute atomic E-state index is 14.0. The summed E-state index contributed by atoms with van der Waals surface area (Å²) in [4.78, 5) is 2.21. The van der Waals surface area contributed by atoms with Gasteiger partial charge >= 0.3 is 0 Å². The molecule has 0 radical (unpaired) electrons. The molecule has 1 aliphatic carbocycles. The van der Waals surface area contributed by atoms with Crippen LogP contribution in [0.1, 0.15) is 25.0 Å². The molecule has 0 aliphatic heterocycles. The lowest BCUT2D eigenvalue weighted by Gasteiger charge is -2.28. The van der Waals surface area contributed by atoms with Crippen molar-refractivity contribution in [3.63, 3.8) is 0 Å². The Labute approximate surface area is 257 Å². The molecule has 0 bridgehead atoms. The summed E-state index contributed by atoms with van der Waals surface area (Å²) in [6.45, 7) is 4.59. The van der Waals surface area contributed by atoms with Gasteiger partial charge in [0.2, 0.25) is 0 Å². The van der Waals surface area contributed by atoms with Gasteiger partial charge in [-0.15, -0.1) is 0 Å². The zero-order valence-electron chi connectivity index (χ0n) is 24.7. The van der Waals surface area contributed by atoms with E-state index in [9.17, 15) is 4.39 Å². The minimum absolute atomic E-state index is 0.112. The zero-order valence-corrected chi connectivity index (χ0v) is 24.7. The third-order valence-electron chi connectivity index (χ3n) is 9.11. The third kappa shape index (κ3) is 4.24. The first-order chi connectivity index (χ1) is 21.5. The SMILES string of the molecule is CC1(C)c2ccccc2-c2ccc(N(c3ccc(F)cc3)c3ccc(-c4ccc(-n5ccc6ccccc65)cc4)cc3)cc21. The second-order valence-electron chi connectivity index (χ2n) is 12.1. The molecule has 0 spiro atoms. The predicted molar refractivity (Wildman–Crippen MR) is 181 cm³/mol. The lowest BCUT2D eigenvalue weighted by molar-refractivity contribution is 0.628. The topological polar surface area (TPSA) is 8.17 Å². The van der Waals surface area contributed by atoms with E-state index in [4.69, 9.17) is 0 Å². The highest BCUT2D eigenvalue weighted by Gasteiger charge is 2.35. The van der Waals surface area contributed by atoms with Crippen LogP contribution in [-0.2, 0) is 5.41 Å². The molecule has 3 heteroatoms. The number of hydrogen-bond acceptors (Lipinski definition) is 1. The maximum atomic E-state index is 14.0. The number of halogens is 1. The summed E-state index contributed by atoms with van der Waals surface area (Å²) in [5.41, 5.74) is 12.7. The van der Waals surface area contributed by atoms with Crippen molar-refractivity contribution in [2.75, 3.05) is 4.90 Å². The predicted octanol–water partition coefficient (Wildman–Crippen LogP) is 11.2. The summed E-state index contributed by atoms with van der Waals surface area (Å²) in [5, 5.41) is 1.23. The number of aromatic nitrogens is 1. The largest absolute Gasteiger partial charge is 0.317 e. The first-order valence-electron chi connectivity index (χ1n) is 15.0. The van der Waals surface area contributed by atoms with Crippen LogP contribution >= 0.6 is 0 Å². The van der Waals surface area contributed by atoms with Crippen molar-refractivity contribution in [3.05, 3.63) is 169 Å². The Kier molecular flexibility index (Phi) is 6.02. The van der Waals surface area contributed by atoms with E-state index in [2.05, 4.69) is 151 Å². The molecular weight excluding hydrogens is 539 g/mol. The lowest BCUT2D eigenvalue weighted by atomic mass is 9.82. The maximum Gasteiger partial charge on any atom is 0.123 e. The van der Waals surface area contributed by atoms with E-state index in [0.717, 1.165) is 33.9 Å². The van der Waals surface area contributed by atoms with Gasteiger partial charge in [0.1, 0.15) is 5.82 Å². The van der Waals surface area contributed by atoms with Gasteiger partial charge in [-0.1, -0.05) is 86.6 Å². The smallest absolute Gasteiger partial charge is 0.123 e. The van der Waals surface area contributed by atoms with Crippen LogP contribution in [0, 0.1) is 5.82 Å². The minimum atomic E-state index is -0.244. The number of benzene rings is 6. The average molecular weight is 571 g/mol. The van der Waals surface area contributed by atoms with E-state index in [-0.39, 0.29) is 11.2 Å². The van der Waals surface area contributed by atoms with Crippen molar-refractivity contribution in [2.24, 2.45) is 0 Å². The van der Waals surface area contributed by atoms with E-state index < -0.39 is 0 Å². The molecule has 7 aromatic rings. The fraction of sp³-hybridized carbons (Fsp3) is 0.0732. The standard InChI is InChI=1S/C41H31FN2/c1-41(2)38-9-5-4-8-36(38)37-24-23-35(27-39(37)41)44(34-21-15-31(42)16-22-34)33-19-13-29(14-20-33)28-11-17-32(18-12-28)43-26-25-30-7-3-6-10-40(30)43/h3-27H,1-2H3. The Morgan fingerprint density at radius 1 is 0.545 bits per heavy atom. The van der Waals surface area contributed by atoms with E-state index >= 15 is 0 Å². The molecule has 1 aliphatic rings. The number of hydrogen-bond donors (Lipinski definition) is 0. The van der Waals surface area contributed by atoms with Crippen molar-refractivity contribution in [3.8, 4) is 27.9 Å². The first-order valence-corrected chi connectivity index (χ1v) is 15.0. The zero-order chi connectivity index (χ0) is 29.8. The molecule has 0 saturated carbocycles. The molecule has 0 N–H and O–H groups in total. The second kappa shape index (κ2) is 10.1. The van der Waals surface area contributed by atoms with Gasteiger partial charge in [0.25, 0.3) is 0 Å². The van der Waals surface area contributed by atoms with Gasteiger partial charge in [0.15, 0.2) is 0 Å². The molecule has 212 valence electrons. The fourth-order valence-corrected chi connectivity index (χ4v) is 6.79. The van der Waals surface area contributed by atoms with Crippen molar-refractivity contribution >= 4 is 28.0 Å². The van der Waals surface area contributed by atoms with Gasteiger partial charge in [0.05, 0.1) is 5.52 Å². The van der Waals surface area contributed by atoms with Crippen molar-refractivity contribution in [1.29, 1.82) is 0 Å². The van der Waals surface area contributed by atoms with Gasteiger partial charge in [0, 0.05) is 34.4 Å². The molecule has 0 saturated heterocycles. The molecule has 0 atom stereocenters. The van der Waals surface area contributed by atoms with Crippen LogP contribution < -0.4 is 4.90 Å². The molecule has 1 heterocycles. The number of fused-ring (bicyclic) bond motifs is 4. The summed E-state index contributed by atoms with van der Waals surface area (Å²) < 4.78 is 16.2. The van der Waals surface area contributed by atoms with Crippen LogP contribution in [0.4, 0.5) is 21.5 Å². The van der Waals surface area contributed by atoms with Crippen LogP contribution in [0.5, 0.6) is 0 Å². The van der Waals surface area contributed by atoms with Crippen molar-refractivity contribution in [2.45, 2.75) is 19.3 Å². The monoisotopic (exact) mass is 570 g/mol. The second-order valence-corrected chi connectivity index (χ2v) is 12.1. The fourth-order valence-electron chi connectivity index (χ4n) is 6.79. The molecule has 8 rings (SSSR count). The summed E-state index contributed by atoms with van der Waals surface area (Å²) in [6, 6.07) is 50.1. The van der Waals surface area contributed by atoms with Crippen LogP contribution in [0.15, 0.2) is 152 Å². The lowest BCUT2D eigenvalue weighted by Crippen LogP contribution is -2.16. The minimum Gasteiger partial charge on any atom is -0.317 e. The normalized spacial score (nSPS) is 13.1. The van der Waals surface area contributed by atoms with Crippen molar-refractivity contribution < 1.29 is 4.39 Å². The Hall–Kier alpha value is -5.41. The average Bonchev–Trinajstić information content (AvgIpc) is 3.59. The van der Waals surface area contributed by atoms with Crippen molar-refractivity contribution in [1.82, 2.24) is 4.57 Å². The van der Waals surface area contributed by atoms with Crippen LogP contribution in [0.25, 0.3) is 38.8 Å². The number of rotatable bonds is 5. The highest BCUT2D eigenvalue weighted by Crippen LogP contribution is 2.50. The Morgan fingerprint density at radius 3 is 1.89 bits per heavy atom. The number of anilines is 3. The highest BCUT2D eigenvalue weighted by atomic mass is 19.1. The van der Waals surface area contributed by atoms with E-state index in [1.54, 1.807) is 0 Å². The van der Waals surface area contributed by atoms with Gasteiger partial charge in [-0.05, 0) is 112 Å². The molecule has 0 fully saturated rings. The van der Waals surface area contributed by atoms with Gasteiger partial charge < -0.3 is 9.47 Å². The Bertz CT molecular complexity index is 2140. The van der Waals surface area contributed by atoms with Gasteiger partial charge in [-0.2, -0.15) is 0 Å². The summed E-state index contributed by atoms with van der Waals surface area (Å²) >= 11 is 0. The van der Waals surface area contributed by atoms with E-state index in [0.29, 0.717) is 0 Å². The van der Waals surface area contributed by atoms with Gasteiger partial charge in [-0.3, -0.25) is 0 Å². The summed E-state index contributed by atoms with van der Waals surface area (Å²) in [5.74, 6) is -0.244. The van der Waals surface area contributed by atoms with Crippen LogP contribution in [-0.4, -0.2) is 4.57 Å². The quantitative estimate of drug-likeness (QED) is 0.200.